The molecule has 3 heterocycles. The van der Waals surface area contributed by atoms with Gasteiger partial charge in [-0.25, -0.2) is 14.8 Å². The van der Waals surface area contributed by atoms with E-state index < -0.39 is 12.3 Å². The van der Waals surface area contributed by atoms with Gasteiger partial charge in [-0.05, 0) is 90.8 Å². The first-order valence-electron chi connectivity index (χ1n) is 19.9. The lowest BCUT2D eigenvalue weighted by molar-refractivity contribution is -0.215. The van der Waals surface area contributed by atoms with Crippen LogP contribution in [0.3, 0.4) is 0 Å². The standard InChI is InChI=1S/C44H50ClN5O6S/c1-4-52-24-30-25-54-39(55-26-30)27-53-33-15-13-32(14-16-33)43(51)56-38-20-19-36-35(37(38)23-48-50-44-49-41-42(57-44)47-22-21-46-41)18-17-34(40(36)45)31-11-9-29(10-12-31)8-6-5-7-28(2)3/h4,13-23,28-31,39H,1,5-12,24-27H2,2-3H3,(H,46,49,50)/b48-23+. The molecule has 13 heteroatoms. The topological polar surface area (TPSA) is 126 Å². The first-order valence-corrected chi connectivity index (χ1v) is 21.1. The summed E-state index contributed by atoms with van der Waals surface area (Å²) < 4.78 is 28.7. The fourth-order valence-electron chi connectivity index (χ4n) is 7.54. The van der Waals surface area contributed by atoms with Gasteiger partial charge in [-0.15, -0.1) is 0 Å². The molecule has 2 aromatic heterocycles. The van der Waals surface area contributed by atoms with Crippen LogP contribution in [0.15, 0.2) is 78.9 Å². The maximum Gasteiger partial charge on any atom is 0.343 e. The number of carbonyl (C=O) groups excluding carboxylic acids is 1. The van der Waals surface area contributed by atoms with Crippen LogP contribution in [0.25, 0.3) is 21.3 Å². The smallest absolute Gasteiger partial charge is 0.343 e. The summed E-state index contributed by atoms with van der Waals surface area (Å²) in [7, 11) is 0. The van der Waals surface area contributed by atoms with E-state index in [-0.39, 0.29) is 12.5 Å². The number of hydrogen-bond donors (Lipinski definition) is 1. The lowest BCUT2D eigenvalue weighted by Gasteiger charge is -2.30. The van der Waals surface area contributed by atoms with Crippen molar-refractivity contribution in [3.8, 4) is 11.5 Å². The molecule has 0 bridgehead atoms. The van der Waals surface area contributed by atoms with Crippen molar-refractivity contribution in [3.05, 3.63) is 95.5 Å². The maximum absolute atomic E-state index is 13.6. The van der Waals surface area contributed by atoms with Crippen LogP contribution in [-0.4, -0.2) is 59.9 Å². The van der Waals surface area contributed by atoms with Gasteiger partial charge >= 0.3 is 5.97 Å². The van der Waals surface area contributed by atoms with Crippen molar-refractivity contribution >= 4 is 61.5 Å². The summed E-state index contributed by atoms with van der Waals surface area (Å²) in [6.07, 6.45) is 15.8. The molecule has 0 amide bonds. The van der Waals surface area contributed by atoms with Crippen LogP contribution >= 0.6 is 22.9 Å². The third-order valence-electron chi connectivity index (χ3n) is 10.7. The predicted molar refractivity (Wildman–Crippen MR) is 226 cm³/mol. The molecule has 1 saturated carbocycles. The fraction of sp³-hybridized carbons (Fsp3) is 0.432. The Kier molecular flexibility index (Phi) is 14.0. The molecule has 0 unspecified atom stereocenters. The second kappa shape index (κ2) is 19.7. The van der Waals surface area contributed by atoms with Crippen LogP contribution in [0.4, 0.5) is 5.13 Å². The molecule has 1 saturated heterocycles. The number of unbranched alkanes of at least 4 members (excludes halogenated alkanes) is 1. The van der Waals surface area contributed by atoms with Crippen molar-refractivity contribution in [3.63, 3.8) is 0 Å². The molecule has 0 spiro atoms. The minimum atomic E-state index is -0.526. The van der Waals surface area contributed by atoms with Crippen LogP contribution in [0.2, 0.25) is 5.02 Å². The molecular weight excluding hydrogens is 762 g/mol. The molecular formula is C44H50ClN5O6S. The number of fused-ring (bicyclic) bond motifs is 2. The molecule has 1 aliphatic heterocycles. The van der Waals surface area contributed by atoms with E-state index >= 15 is 0 Å². The van der Waals surface area contributed by atoms with Gasteiger partial charge in [0.15, 0.2) is 16.8 Å². The molecule has 300 valence electrons. The van der Waals surface area contributed by atoms with E-state index in [2.05, 4.69) is 58.0 Å². The monoisotopic (exact) mass is 811 g/mol. The van der Waals surface area contributed by atoms with Crippen molar-refractivity contribution in [1.82, 2.24) is 15.0 Å². The van der Waals surface area contributed by atoms with Crippen LogP contribution in [0.5, 0.6) is 11.5 Å². The Morgan fingerprint density at radius 1 is 0.982 bits per heavy atom. The Labute approximate surface area is 342 Å². The maximum atomic E-state index is 13.6. The van der Waals surface area contributed by atoms with E-state index in [1.54, 1.807) is 48.9 Å². The van der Waals surface area contributed by atoms with Crippen molar-refractivity contribution in [2.45, 2.75) is 77.4 Å². The van der Waals surface area contributed by atoms with Gasteiger partial charge in [0.05, 0.1) is 42.9 Å². The second-order valence-electron chi connectivity index (χ2n) is 15.2. The highest BCUT2D eigenvalue weighted by Gasteiger charge is 2.26. The summed E-state index contributed by atoms with van der Waals surface area (Å²) in [5.41, 5.74) is 5.68. The zero-order valence-corrected chi connectivity index (χ0v) is 34.1. The molecule has 2 fully saturated rings. The third-order valence-corrected chi connectivity index (χ3v) is 11.9. The second-order valence-corrected chi connectivity index (χ2v) is 16.6. The quantitative estimate of drug-likeness (QED) is 0.0242. The molecule has 0 atom stereocenters. The summed E-state index contributed by atoms with van der Waals surface area (Å²) in [4.78, 5) is 27.3. The molecule has 7 rings (SSSR count). The molecule has 57 heavy (non-hydrogen) atoms. The Hall–Kier alpha value is -4.62. The lowest BCUT2D eigenvalue weighted by atomic mass is 9.76. The zero-order chi connectivity index (χ0) is 39.6. The van der Waals surface area contributed by atoms with Crippen LogP contribution in [0, 0.1) is 17.8 Å². The van der Waals surface area contributed by atoms with Crippen LogP contribution in [0.1, 0.15) is 92.6 Å². The summed E-state index contributed by atoms with van der Waals surface area (Å²) in [5.74, 6) is 2.52. The highest BCUT2D eigenvalue weighted by atomic mass is 35.5. The van der Waals surface area contributed by atoms with Gasteiger partial charge in [-0.2, -0.15) is 10.1 Å². The number of nitrogens with one attached hydrogen (secondary N) is 1. The largest absolute Gasteiger partial charge is 0.501 e. The summed E-state index contributed by atoms with van der Waals surface area (Å²) in [6.45, 7) is 9.89. The fourth-order valence-corrected chi connectivity index (χ4v) is 8.64. The van der Waals surface area contributed by atoms with E-state index in [9.17, 15) is 4.79 Å². The Bertz CT molecular complexity index is 2110. The number of nitrogens with zero attached hydrogens (tertiary/aromatic N) is 4. The van der Waals surface area contributed by atoms with Crippen molar-refractivity contribution in [1.29, 1.82) is 0 Å². The number of rotatable bonds is 17. The number of carbonyl (C=O) groups is 1. The first kappa shape index (κ1) is 40.6. The molecule has 0 radical (unpaired) electrons. The Morgan fingerprint density at radius 2 is 1.75 bits per heavy atom. The average Bonchev–Trinajstić information content (AvgIpc) is 3.65. The van der Waals surface area contributed by atoms with Crippen molar-refractivity contribution in [2.24, 2.45) is 22.9 Å². The number of thiazole rings is 1. The molecule has 2 aliphatic rings. The number of anilines is 1. The SMILES string of the molecule is C=COCC1COC(COc2ccc(C(=O)Oc3ccc4c(Cl)c(C5CCC(CCCCC(C)C)CC5)ccc4c3/C=N/Nc3nc4nccnc4s3)cc2)OC1. The predicted octanol–water partition coefficient (Wildman–Crippen LogP) is 10.6. The molecule has 1 N–H and O–H groups in total. The van der Waals surface area contributed by atoms with Gasteiger partial charge in [0.25, 0.3) is 0 Å². The molecule has 11 nitrogen and oxygen atoms in total. The summed E-state index contributed by atoms with van der Waals surface area (Å²) in [5, 5.41) is 7.48. The van der Waals surface area contributed by atoms with Crippen molar-refractivity contribution in [2.75, 3.05) is 31.9 Å². The third kappa shape index (κ3) is 10.7. The lowest BCUT2D eigenvalue weighted by Crippen LogP contribution is -2.37. The normalized spacial score (nSPS) is 19.9. The van der Waals surface area contributed by atoms with E-state index in [4.69, 9.17) is 35.3 Å². The average molecular weight is 812 g/mol. The number of halogens is 1. The molecule has 3 aromatic carbocycles. The van der Waals surface area contributed by atoms with E-state index in [0.29, 0.717) is 64.0 Å². The number of hydrazone groups is 1. The molecule has 1 aliphatic carbocycles. The van der Waals surface area contributed by atoms with Gasteiger partial charge < -0.3 is 23.7 Å². The van der Waals surface area contributed by atoms with Gasteiger partial charge in [0.2, 0.25) is 5.13 Å². The zero-order valence-electron chi connectivity index (χ0n) is 32.5. The minimum absolute atomic E-state index is 0.141. The Balaban J connectivity index is 1.05. The van der Waals surface area contributed by atoms with Gasteiger partial charge in [-0.1, -0.05) is 81.2 Å². The van der Waals surface area contributed by atoms with Crippen molar-refractivity contribution < 1.29 is 28.5 Å². The first-order chi connectivity index (χ1) is 27.8. The van der Waals surface area contributed by atoms with Crippen LogP contribution < -0.4 is 14.9 Å². The van der Waals surface area contributed by atoms with Gasteiger partial charge in [-0.3, -0.25) is 5.43 Å². The summed E-state index contributed by atoms with van der Waals surface area (Å²) in [6, 6.07) is 14.7. The highest BCUT2D eigenvalue weighted by Crippen LogP contribution is 2.43. The van der Waals surface area contributed by atoms with E-state index in [1.165, 1.54) is 61.7 Å². The molecule has 5 aromatic rings. The minimum Gasteiger partial charge on any atom is -0.501 e. The van der Waals surface area contributed by atoms with E-state index in [0.717, 1.165) is 40.5 Å². The number of ether oxygens (including phenoxy) is 5. The number of esters is 1. The Morgan fingerprint density at radius 3 is 2.51 bits per heavy atom. The van der Waals surface area contributed by atoms with E-state index in [1.807, 2.05) is 6.07 Å². The summed E-state index contributed by atoms with van der Waals surface area (Å²) >= 11 is 8.58. The van der Waals surface area contributed by atoms with Gasteiger partial charge in [0, 0.05) is 29.3 Å². The highest BCUT2D eigenvalue weighted by molar-refractivity contribution is 7.21. The number of hydrogen-bond acceptors (Lipinski definition) is 12. The van der Waals surface area contributed by atoms with Gasteiger partial charge in [0.1, 0.15) is 18.1 Å². The number of aromatic nitrogens is 3. The van der Waals surface area contributed by atoms with Crippen LogP contribution in [-0.2, 0) is 14.2 Å². The number of benzene rings is 3.